The molecule has 1 aromatic carbocycles. The van der Waals surface area contributed by atoms with Gasteiger partial charge in [0.15, 0.2) is 0 Å². The van der Waals surface area contributed by atoms with Crippen LogP contribution in [0.15, 0.2) is 24.3 Å². The maximum absolute atomic E-state index is 9.88. The number of rotatable bonds is 5. The fraction of sp³-hybridized carbons (Fsp3) is 0.455. The number of benzene rings is 1. The Morgan fingerprint density at radius 3 is 2.73 bits per heavy atom. The number of hydrogen-bond acceptors (Lipinski definition) is 3. The lowest BCUT2D eigenvalue weighted by Crippen LogP contribution is -2.27. The molecule has 0 aliphatic heterocycles. The molecule has 0 radical (unpaired) electrons. The monoisotopic (exact) mass is 229 g/mol. The highest BCUT2D eigenvalue weighted by molar-refractivity contribution is 6.31. The Morgan fingerprint density at radius 1 is 1.47 bits per heavy atom. The average molecular weight is 230 g/mol. The van der Waals surface area contributed by atoms with Gasteiger partial charge in [0.25, 0.3) is 0 Å². The van der Waals surface area contributed by atoms with E-state index in [2.05, 4.69) is 0 Å². The van der Waals surface area contributed by atoms with Crippen molar-refractivity contribution in [3.05, 3.63) is 34.9 Å². The summed E-state index contributed by atoms with van der Waals surface area (Å²) >= 11 is 5.95. The van der Waals surface area contributed by atoms with Crippen LogP contribution in [-0.4, -0.2) is 24.9 Å². The Balaban J connectivity index is 2.61. The molecule has 0 fully saturated rings. The van der Waals surface area contributed by atoms with Gasteiger partial charge in [0.1, 0.15) is 0 Å². The number of methoxy groups -OCH3 is 1. The lowest BCUT2D eigenvalue weighted by molar-refractivity contribution is 0.122. The predicted octanol–water partition coefficient (Wildman–Crippen LogP) is 1.74. The van der Waals surface area contributed by atoms with E-state index in [1.807, 2.05) is 12.1 Å². The maximum atomic E-state index is 9.88. The predicted molar refractivity (Wildman–Crippen MR) is 60.9 cm³/mol. The van der Waals surface area contributed by atoms with Gasteiger partial charge in [-0.15, -0.1) is 0 Å². The van der Waals surface area contributed by atoms with Gasteiger partial charge in [-0.25, -0.2) is 0 Å². The summed E-state index contributed by atoms with van der Waals surface area (Å²) < 4.78 is 4.90. The van der Waals surface area contributed by atoms with E-state index in [1.165, 1.54) is 0 Å². The second-order valence-corrected chi connectivity index (χ2v) is 3.90. The molecule has 2 unspecified atom stereocenters. The molecule has 15 heavy (non-hydrogen) atoms. The Labute approximate surface area is 94.8 Å². The van der Waals surface area contributed by atoms with Crippen LogP contribution >= 0.6 is 11.6 Å². The number of aliphatic hydroxyl groups excluding tert-OH is 1. The molecule has 0 aliphatic rings. The van der Waals surface area contributed by atoms with Crippen molar-refractivity contribution >= 4 is 11.6 Å². The molecule has 0 bridgehead atoms. The molecule has 1 rings (SSSR count). The van der Waals surface area contributed by atoms with Gasteiger partial charge in [-0.2, -0.15) is 0 Å². The third kappa shape index (κ3) is 3.80. The summed E-state index contributed by atoms with van der Waals surface area (Å²) in [5.74, 6) is 0. The third-order valence-electron chi connectivity index (χ3n) is 2.17. The highest BCUT2D eigenvalue weighted by Gasteiger charge is 2.14. The van der Waals surface area contributed by atoms with Crippen molar-refractivity contribution in [1.82, 2.24) is 0 Å². The van der Waals surface area contributed by atoms with E-state index in [0.29, 0.717) is 23.6 Å². The van der Waals surface area contributed by atoms with Crippen LogP contribution in [0.2, 0.25) is 5.02 Å². The van der Waals surface area contributed by atoms with E-state index in [9.17, 15) is 5.11 Å². The Bertz CT molecular complexity index is 306. The zero-order valence-electron chi connectivity index (χ0n) is 8.69. The van der Waals surface area contributed by atoms with Gasteiger partial charge in [-0.1, -0.05) is 29.8 Å². The quantitative estimate of drug-likeness (QED) is 0.809. The van der Waals surface area contributed by atoms with Crippen LogP contribution in [0.4, 0.5) is 0 Å². The largest absolute Gasteiger partial charge is 0.388 e. The molecule has 4 heteroatoms. The maximum Gasteiger partial charge on any atom is 0.0820 e. The van der Waals surface area contributed by atoms with Gasteiger partial charge >= 0.3 is 0 Å². The van der Waals surface area contributed by atoms with Gasteiger partial charge in [0.2, 0.25) is 0 Å². The number of hydrogen-bond donors (Lipinski definition) is 2. The van der Waals surface area contributed by atoms with Crippen LogP contribution in [0.1, 0.15) is 18.1 Å². The summed E-state index contributed by atoms with van der Waals surface area (Å²) in [6.07, 6.45) is -0.193. The molecule has 3 N–H and O–H groups in total. The topological polar surface area (TPSA) is 55.5 Å². The molecule has 0 saturated heterocycles. The van der Waals surface area contributed by atoms with Crippen LogP contribution in [0.25, 0.3) is 0 Å². The summed E-state index contributed by atoms with van der Waals surface area (Å²) in [6.45, 7) is 0.432. The SMILES string of the molecule is COCC(N)CC(O)c1ccccc1Cl. The number of halogens is 1. The van der Waals surface area contributed by atoms with E-state index in [1.54, 1.807) is 19.2 Å². The highest BCUT2D eigenvalue weighted by atomic mass is 35.5. The average Bonchev–Trinajstić information content (AvgIpc) is 2.18. The molecule has 0 amide bonds. The lowest BCUT2D eigenvalue weighted by Gasteiger charge is -2.16. The van der Waals surface area contributed by atoms with E-state index < -0.39 is 6.10 Å². The number of ether oxygens (including phenoxy) is 1. The van der Waals surface area contributed by atoms with E-state index in [-0.39, 0.29) is 6.04 Å². The summed E-state index contributed by atoms with van der Waals surface area (Å²) in [5, 5.41) is 10.4. The minimum Gasteiger partial charge on any atom is -0.388 e. The summed E-state index contributed by atoms with van der Waals surface area (Å²) in [6, 6.07) is 7.04. The molecular formula is C11H16ClNO2. The van der Waals surface area contributed by atoms with E-state index in [0.717, 1.165) is 0 Å². The zero-order chi connectivity index (χ0) is 11.3. The van der Waals surface area contributed by atoms with Gasteiger partial charge in [-0.3, -0.25) is 0 Å². The molecule has 0 aromatic heterocycles. The first kappa shape index (κ1) is 12.5. The molecule has 0 spiro atoms. The standard InChI is InChI=1S/C11H16ClNO2/c1-15-7-8(13)6-11(14)9-4-2-3-5-10(9)12/h2-5,8,11,14H,6-7,13H2,1H3. The molecule has 2 atom stereocenters. The fourth-order valence-corrected chi connectivity index (χ4v) is 1.70. The van der Waals surface area contributed by atoms with Crippen LogP contribution in [0, 0.1) is 0 Å². The zero-order valence-corrected chi connectivity index (χ0v) is 9.45. The van der Waals surface area contributed by atoms with Crippen LogP contribution in [0.3, 0.4) is 0 Å². The first-order valence-corrected chi connectivity index (χ1v) is 5.20. The molecule has 0 saturated carbocycles. The van der Waals surface area contributed by atoms with Crippen molar-refractivity contribution in [3.63, 3.8) is 0 Å². The van der Waals surface area contributed by atoms with Crippen molar-refractivity contribution in [2.45, 2.75) is 18.6 Å². The van der Waals surface area contributed by atoms with Gasteiger partial charge in [0, 0.05) is 18.2 Å². The minimum absolute atomic E-state index is 0.179. The molecular weight excluding hydrogens is 214 g/mol. The van der Waals surface area contributed by atoms with E-state index >= 15 is 0 Å². The van der Waals surface area contributed by atoms with Gasteiger partial charge in [-0.05, 0) is 18.1 Å². The van der Waals surface area contributed by atoms with Gasteiger partial charge < -0.3 is 15.6 Å². The Kier molecular flexibility index (Phi) is 5.05. The Hall–Kier alpha value is -0.610. The first-order valence-electron chi connectivity index (χ1n) is 4.82. The van der Waals surface area contributed by atoms with Crippen molar-refractivity contribution in [3.8, 4) is 0 Å². The highest BCUT2D eigenvalue weighted by Crippen LogP contribution is 2.25. The lowest BCUT2D eigenvalue weighted by atomic mass is 10.0. The number of aliphatic hydroxyl groups is 1. The summed E-state index contributed by atoms with van der Waals surface area (Å²) in [7, 11) is 1.59. The summed E-state index contributed by atoms with van der Waals surface area (Å²) in [4.78, 5) is 0. The van der Waals surface area contributed by atoms with Crippen LogP contribution in [0.5, 0.6) is 0 Å². The van der Waals surface area contributed by atoms with Crippen molar-refractivity contribution < 1.29 is 9.84 Å². The van der Waals surface area contributed by atoms with Crippen molar-refractivity contribution in [2.24, 2.45) is 5.73 Å². The molecule has 0 aliphatic carbocycles. The first-order chi connectivity index (χ1) is 7.15. The van der Waals surface area contributed by atoms with Crippen LogP contribution < -0.4 is 5.73 Å². The molecule has 0 heterocycles. The molecule has 3 nitrogen and oxygen atoms in total. The van der Waals surface area contributed by atoms with Crippen molar-refractivity contribution in [2.75, 3.05) is 13.7 Å². The molecule has 84 valence electrons. The normalized spacial score (nSPS) is 14.9. The van der Waals surface area contributed by atoms with E-state index in [4.69, 9.17) is 22.1 Å². The van der Waals surface area contributed by atoms with Crippen molar-refractivity contribution in [1.29, 1.82) is 0 Å². The third-order valence-corrected chi connectivity index (χ3v) is 2.52. The smallest absolute Gasteiger partial charge is 0.0820 e. The van der Waals surface area contributed by atoms with Crippen LogP contribution in [-0.2, 0) is 4.74 Å². The van der Waals surface area contributed by atoms with Gasteiger partial charge in [0.05, 0.1) is 12.7 Å². The number of nitrogens with two attached hydrogens (primary N) is 1. The second kappa shape index (κ2) is 6.08. The summed E-state index contributed by atoms with van der Waals surface area (Å²) in [5.41, 5.74) is 6.46. The Morgan fingerprint density at radius 2 is 2.13 bits per heavy atom. The fourth-order valence-electron chi connectivity index (χ4n) is 1.44. The second-order valence-electron chi connectivity index (χ2n) is 3.49. The molecule has 1 aromatic rings. The minimum atomic E-state index is -0.635.